The molecule has 1 aromatic carbocycles. The minimum atomic E-state index is -0.439. The predicted octanol–water partition coefficient (Wildman–Crippen LogP) is 2.16. The Labute approximate surface area is 75.3 Å². The fourth-order valence-corrected chi connectivity index (χ4v) is 1.08. The van der Waals surface area contributed by atoms with Gasteiger partial charge in [-0.2, -0.15) is 0 Å². The Morgan fingerprint density at radius 1 is 1.58 bits per heavy atom. The minimum Gasteiger partial charge on any atom is -0.327 e. The standard InChI is InChI=1S/C7H8N2O2S/c1-5-2-3-6(8-12)7(4-5)9(10)11/h2-4,8,12H,1H3. The molecule has 0 saturated heterocycles. The summed E-state index contributed by atoms with van der Waals surface area (Å²) in [4.78, 5) is 10.0. The summed E-state index contributed by atoms with van der Waals surface area (Å²) >= 11 is 3.75. The van der Waals surface area contributed by atoms with E-state index < -0.39 is 4.92 Å². The van der Waals surface area contributed by atoms with Crippen molar-refractivity contribution in [2.45, 2.75) is 6.92 Å². The molecule has 0 aliphatic heterocycles. The molecule has 0 bridgehead atoms. The highest BCUT2D eigenvalue weighted by Gasteiger charge is 2.11. The van der Waals surface area contributed by atoms with Gasteiger partial charge in [-0.05, 0) is 18.6 Å². The second kappa shape index (κ2) is 3.44. The molecule has 0 amide bonds. The van der Waals surface area contributed by atoms with Gasteiger partial charge >= 0.3 is 0 Å². The van der Waals surface area contributed by atoms with Gasteiger partial charge in [0.1, 0.15) is 5.69 Å². The monoisotopic (exact) mass is 184 g/mol. The van der Waals surface area contributed by atoms with Crippen LogP contribution in [0.25, 0.3) is 0 Å². The van der Waals surface area contributed by atoms with E-state index >= 15 is 0 Å². The first-order valence-electron chi connectivity index (χ1n) is 3.30. The number of benzene rings is 1. The highest BCUT2D eigenvalue weighted by molar-refractivity contribution is 7.81. The molecule has 0 unspecified atom stereocenters. The van der Waals surface area contributed by atoms with Crippen LogP contribution in [0.3, 0.4) is 0 Å². The van der Waals surface area contributed by atoms with Gasteiger partial charge in [0.25, 0.3) is 5.69 Å². The molecule has 64 valence electrons. The second-order valence-corrected chi connectivity index (χ2v) is 2.61. The molecule has 0 aliphatic rings. The van der Waals surface area contributed by atoms with E-state index in [0.29, 0.717) is 5.69 Å². The predicted molar refractivity (Wildman–Crippen MR) is 50.4 cm³/mol. The molecule has 0 atom stereocenters. The Morgan fingerprint density at radius 3 is 2.75 bits per heavy atom. The van der Waals surface area contributed by atoms with E-state index in [9.17, 15) is 10.1 Å². The van der Waals surface area contributed by atoms with Crippen LogP contribution in [0.2, 0.25) is 0 Å². The van der Waals surface area contributed by atoms with E-state index in [0.717, 1.165) is 5.56 Å². The molecule has 0 heterocycles. The highest BCUT2D eigenvalue weighted by Crippen LogP contribution is 2.25. The van der Waals surface area contributed by atoms with Gasteiger partial charge in [-0.1, -0.05) is 18.9 Å². The van der Waals surface area contributed by atoms with Crippen molar-refractivity contribution in [2.24, 2.45) is 0 Å². The van der Waals surface area contributed by atoms with Gasteiger partial charge in [0.15, 0.2) is 0 Å². The van der Waals surface area contributed by atoms with Gasteiger partial charge in [-0.15, -0.1) is 0 Å². The zero-order valence-electron chi connectivity index (χ0n) is 6.44. The first kappa shape index (κ1) is 8.86. The van der Waals surface area contributed by atoms with E-state index in [1.54, 1.807) is 19.1 Å². The number of nitro benzene ring substituents is 1. The van der Waals surface area contributed by atoms with Crippen LogP contribution >= 0.6 is 12.8 Å². The van der Waals surface area contributed by atoms with E-state index in [4.69, 9.17) is 0 Å². The Balaban J connectivity index is 3.21. The molecule has 0 saturated carbocycles. The maximum absolute atomic E-state index is 10.5. The van der Waals surface area contributed by atoms with Crippen LogP contribution in [0.4, 0.5) is 11.4 Å². The summed E-state index contributed by atoms with van der Waals surface area (Å²) in [5.41, 5.74) is 1.31. The molecule has 5 heteroatoms. The zero-order chi connectivity index (χ0) is 9.14. The number of nitro groups is 1. The molecule has 0 aromatic heterocycles. The topological polar surface area (TPSA) is 55.2 Å². The maximum atomic E-state index is 10.5. The Morgan fingerprint density at radius 2 is 2.25 bits per heavy atom. The lowest BCUT2D eigenvalue weighted by Gasteiger charge is -2.00. The van der Waals surface area contributed by atoms with Gasteiger partial charge in [-0.25, -0.2) is 0 Å². The number of nitrogens with one attached hydrogen (secondary N) is 1. The van der Waals surface area contributed by atoms with Crippen LogP contribution in [0.1, 0.15) is 5.56 Å². The third-order valence-corrected chi connectivity index (χ3v) is 1.71. The van der Waals surface area contributed by atoms with Crippen LogP contribution in [0.15, 0.2) is 18.2 Å². The van der Waals surface area contributed by atoms with Crippen molar-refractivity contribution in [1.29, 1.82) is 0 Å². The van der Waals surface area contributed by atoms with Crippen molar-refractivity contribution in [3.05, 3.63) is 33.9 Å². The van der Waals surface area contributed by atoms with E-state index in [-0.39, 0.29) is 5.69 Å². The molecule has 0 fully saturated rings. The molecular weight excluding hydrogens is 176 g/mol. The number of nitrogens with zero attached hydrogens (tertiary/aromatic N) is 1. The number of anilines is 1. The molecule has 0 radical (unpaired) electrons. The molecule has 1 N–H and O–H groups in total. The quantitative estimate of drug-likeness (QED) is 0.420. The van der Waals surface area contributed by atoms with Crippen LogP contribution in [0.5, 0.6) is 0 Å². The number of hydrogen-bond donors (Lipinski definition) is 2. The lowest BCUT2D eigenvalue weighted by molar-refractivity contribution is -0.383. The summed E-state index contributed by atoms with van der Waals surface area (Å²) < 4.78 is 2.46. The Kier molecular flexibility index (Phi) is 2.54. The average molecular weight is 184 g/mol. The summed E-state index contributed by atoms with van der Waals surface area (Å²) in [7, 11) is 0. The molecule has 0 spiro atoms. The zero-order valence-corrected chi connectivity index (χ0v) is 7.34. The van der Waals surface area contributed by atoms with Gasteiger partial charge < -0.3 is 4.72 Å². The molecule has 4 nitrogen and oxygen atoms in total. The molecular formula is C7H8N2O2S. The van der Waals surface area contributed by atoms with Crippen molar-refractivity contribution < 1.29 is 4.92 Å². The fraction of sp³-hybridized carbons (Fsp3) is 0.143. The van der Waals surface area contributed by atoms with Gasteiger partial charge in [-0.3, -0.25) is 10.1 Å². The molecule has 12 heavy (non-hydrogen) atoms. The van der Waals surface area contributed by atoms with E-state index in [1.807, 2.05) is 0 Å². The van der Waals surface area contributed by atoms with Crippen molar-refractivity contribution in [1.82, 2.24) is 0 Å². The number of rotatable bonds is 2. The Bertz CT molecular complexity index is 314. The molecule has 1 rings (SSSR count). The number of hydrogen-bond acceptors (Lipinski definition) is 4. The number of thiol groups is 1. The maximum Gasteiger partial charge on any atom is 0.293 e. The smallest absolute Gasteiger partial charge is 0.293 e. The highest BCUT2D eigenvalue weighted by atomic mass is 32.1. The molecule has 1 aromatic rings. The van der Waals surface area contributed by atoms with Gasteiger partial charge in [0.2, 0.25) is 0 Å². The first-order chi connectivity index (χ1) is 5.65. The van der Waals surface area contributed by atoms with Crippen molar-refractivity contribution >= 4 is 24.2 Å². The van der Waals surface area contributed by atoms with Gasteiger partial charge in [0.05, 0.1) is 4.92 Å². The SMILES string of the molecule is Cc1ccc(NS)c([N+](=O)[O-])c1. The molecule has 0 aliphatic carbocycles. The van der Waals surface area contributed by atoms with Crippen molar-refractivity contribution in [3.8, 4) is 0 Å². The third kappa shape index (κ3) is 1.68. The van der Waals surface area contributed by atoms with E-state index in [1.165, 1.54) is 6.07 Å². The minimum absolute atomic E-state index is 0.0463. The summed E-state index contributed by atoms with van der Waals surface area (Å²) in [6, 6.07) is 4.91. The van der Waals surface area contributed by atoms with Crippen LogP contribution in [0, 0.1) is 17.0 Å². The third-order valence-electron chi connectivity index (χ3n) is 1.47. The summed E-state index contributed by atoms with van der Waals surface area (Å²) in [6.07, 6.45) is 0. The first-order valence-corrected chi connectivity index (χ1v) is 3.75. The average Bonchev–Trinajstić information content (AvgIpc) is 2.04. The van der Waals surface area contributed by atoms with Crippen LogP contribution < -0.4 is 4.72 Å². The summed E-state index contributed by atoms with van der Waals surface area (Å²) in [6.45, 7) is 1.80. The lowest BCUT2D eigenvalue weighted by Crippen LogP contribution is -1.93. The normalized spacial score (nSPS) is 9.50. The summed E-state index contributed by atoms with van der Waals surface area (Å²) in [5, 5.41) is 10.5. The van der Waals surface area contributed by atoms with Crippen molar-refractivity contribution in [3.63, 3.8) is 0 Å². The Hall–Kier alpha value is -1.23. The van der Waals surface area contributed by atoms with Crippen molar-refractivity contribution in [2.75, 3.05) is 4.72 Å². The fourth-order valence-electron chi connectivity index (χ4n) is 0.887. The van der Waals surface area contributed by atoms with Gasteiger partial charge in [0, 0.05) is 6.07 Å². The van der Waals surface area contributed by atoms with E-state index in [2.05, 4.69) is 17.5 Å². The second-order valence-electron chi connectivity index (χ2n) is 2.39. The largest absolute Gasteiger partial charge is 0.327 e. The van der Waals surface area contributed by atoms with Crippen LogP contribution in [-0.4, -0.2) is 4.92 Å². The number of aryl methyl sites for hydroxylation is 1. The van der Waals surface area contributed by atoms with Crippen LogP contribution in [-0.2, 0) is 0 Å². The summed E-state index contributed by atoms with van der Waals surface area (Å²) in [5.74, 6) is 0. The lowest BCUT2D eigenvalue weighted by atomic mass is 10.2.